The third-order valence-corrected chi connectivity index (χ3v) is 5.07. The molecule has 0 fully saturated rings. The van der Waals surface area contributed by atoms with Crippen LogP contribution < -0.4 is 4.72 Å². The van der Waals surface area contributed by atoms with E-state index in [4.69, 9.17) is 0 Å². The van der Waals surface area contributed by atoms with Gasteiger partial charge in [0.2, 0.25) is 0 Å². The van der Waals surface area contributed by atoms with E-state index in [9.17, 15) is 27.1 Å². The number of carboxylic acid groups (broad SMARTS) is 1. The van der Waals surface area contributed by atoms with Gasteiger partial charge in [0, 0.05) is 7.05 Å². The lowest BCUT2D eigenvalue weighted by Gasteiger charge is -2.13. The van der Waals surface area contributed by atoms with Crippen molar-refractivity contribution in [3.8, 4) is 0 Å². The van der Waals surface area contributed by atoms with Gasteiger partial charge < -0.3 is 5.11 Å². The first-order valence-electron chi connectivity index (χ1n) is 6.72. The van der Waals surface area contributed by atoms with Crippen molar-refractivity contribution >= 4 is 21.7 Å². The average Bonchev–Trinajstić information content (AvgIpc) is 2.78. The smallest absolute Gasteiger partial charge is 0.336 e. The van der Waals surface area contributed by atoms with Gasteiger partial charge in [0.15, 0.2) is 0 Å². The molecule has 1 aromatic carbocycles. The van der Waals surface area contributed by atoms with Crippen molar-refractivity contribution in [2.45, 2.75) is 25.2 Å². The summed E-state index contributed by atoms with van der Waals surface area (Å²) < 4.78 is 54.0. The number of benzene rings is 1. The summed E-state index contributed by atoms with van der Waals surface area (Å²) in [6.45, 7) is 2.89. The molecule has 2 aromatic rings. The number of carbonyl (C=O) groups is 1. The van der Waals surface area contributed by atoms with Gasteiger partial charge in [0.05, 0.1) is 22.3 Å². The quantitative estimate of drug-likeness (QED) is 0.854. The standard InChI is InChI=1S/C14H15F2N3O4S/c1-7-4-5-10(8(2)11(7)14(20)21)24(22,23)18-9-6-17-19(3)12(9)13(15)16/h4-6,13,18H,1-3H3,(H,20,21). The normalized spacial score (nSPS) is 11.8. The first-order chi connectivity index (χ1) is 11.1. The second kappa shape index (κ2) is 6.19. The van der Waals surface area contributed by atoms with Crippen molar-refractivity contribution < 1.29 is 27.1 Å². The van der Waals surface area contributed by atoms with Gasteiger partial charge in [-0.25, -0.2) is 22.0 Å². The number of carboxylic acids is 1. The van der Waals surface area contributed by atoms with Gasteiger partial charge in [-0.1, -0.05) is 6.07 Å². The van der Waals surface area contributed by atoms with E-state index in [-0.39, 0.29) is 21.7 Å². The molecule has 0 spiro atoms. The number of sulfonamides is 1. The zero-order valence-electron chi connectivity index (χ0n) is 13.0. The molecule has 0 aliphatic rings. The third kappa shape index (κ3) is 3.09. The van der Waals surface area contributed by atoms with Crippen LogP contribution in [0.1, 0.15) is 33.6 Å². The molecule has 1 aromatic heterocycles. The van der Waals surface area contributed by atoms with Crippen LogP contribution >= 0.6 is 0 Å². The molecule has 10 heteroatoms. The van der Waals surface area contributed by atoms with Crippen molar-refractivity contribution in [1.82, 2.24) is 9.78 Å². The number of alkyl halides is 2. The zero-order valence-corrected chi connectivity index (χ0v) is 13.9. The SMILES string of the molecule is Cc1ccc(S(=O)(=O)Nc2cnn(C)c2C(F)F)c(C)c1C(=O)O. The summed E-state index contributed by atoms with van der Waals surface area (Å²) in [4.78, 5) is 11.0. The van der Waals surface area contributed by atoms with E-state index in [0.29, 0.717) is 5.56 Å². The van der Waals surface area contributed by atoms with E-state index in [2.05, 4.69) is 5.10 Å². The van der Waals surface area contributed by atoms with Crippen LogP contribution in [0.15, 0.2) is 23.2 Å². The fourth-order valence-electron chi connectivity index (χ4n) is 2.43. The number of aromatic nitrogens is 2. The molecule has 7 nitrogen and oxygen atoms in total. The summed E-state index contributed by atoms with van der Waals surface area (Å²) in [5.74, 6) is -1.27. The topological polar surface area (TPSA) is 101 Å². The number of hydrogen-bond donors (Lipinski definition) is 2. The summed E-state index contributed by atoms with van der Waals surface area (Å²) in [6, 6.07) is 2.58. The minimum Gasteiger partial charge on any atom is -0.478 e. The van der Waals surface area contributed by atoms with Crippen LogP contribution in [0, 0.1) is 13.8 Å². The number of nitrogens with one attached hydrogen (secondary N) is 1. The van der Waals surface area contributed by atoms with Crippen LogP contribution in [0.4, 0.5) is 14.5 Å². The van der Waals surface area contributed by atoms with Gasteiger partial charge in [-0.15, -0.1) is 0 Å². The molecule has 0 saturated carbocycles. The van der Waals surface area contributed by atoms with Crippen molar-refractivity contribution in [1.29, 1.82) is 0 Å². The number of anilines is 1. The van der Waals surface area contributed by atoms with E-state index in [0.717, 1.165) is 10.9 Å². The monoisotopic (exact) mass is 359 g/mol. The van der Waals surface area contributed by atoms with E-state index in [1.165, 1.54) is 33.0 Å². The molecule has 2 N–H and O–H groups in total. The van der Waals surface area contributed by atoms with Crippen molar-refractivity contribution in [3.63, 3.8) is 0 Å². The van der Waals surface area contributed by atoms with Gasteiger partial charge in [0.25, 0.3) is 16.4 Å². The molecule has 0 radical (unpaired) electrons. The number of nitrogens with zero attached hydrogens (tertiary/aromatic N) is 2. The molecule has 0 saturated heterocycles. The Labute approximate surface area is 137 Å². The highest BCUT2D eigenvalue weighted by Crippen LogP contribution is 2.29. The number of hydrogen-bond acceptors (Lipinski definition) is 4. The predicted molar refractivity (Wildman–Crippen MR) is 81.8 cm³/mol. The van der Waals surface area contributed by atoms with Gasteiger partial charge in [0.1, 0.15) is 5.69 Å². The minimum atomic E-state index is -4.26. The van der Waals surface area contributed by atoms with Crippen LogP contribution in [0.25, 0.3) is 0 Å². The molecule has 0 amide bonds. The Hall–Kier alpha value is -2.49. The summed E-state index contributed by atoms with van der Waals surface area (Å²) >= 11 is 0. The minimum absolute atomic E-state index is 0.0255. The number of halogens is 2. The van der Waals surface area contributed by atoms with E-state index < -0.39 is 28.1 Å². The maximum atomic E-state index is 13.0. The lowest BCUT2D eigenvalue weighted by Crippen LogP contribution is -2.17. The molecule has 0 bridgehead atoms. The van der Waals surface area contributed by atoms with Crippen LogP contribution in [0.2, 0.25) is 0 Å². The average molecular weight is 359 g/mol. The molecule has 0 aliphatic heterocycles. The van der Waals surface area contributed by atoms with E-state index in [1.54, 1.807) is 0 Å². The fourth-order valence-corrected chi connectivity index (χ4v) is 3.74. The lowest BCUT2D eigenvalue weighted by molar-refractivity contribution is 0.0695. The maximum Gasteiger partial charge on any atom is 0.336 e. The van der Waals surface area contributed by atoms with Gasteiger partial charge in [-0.3, -0.25) is 9.40 Å². The zero-order chi connectivity index (χ0) is 18.2. The Kier molecular flexibility index (Phi) is 4.61. The van der Waals surface area contributed by atoms with E-state index >= 15 is 0 Å². The van der Waals surface area contributed by atoms with Crippen molar-refractivity contribution in [2.24, 2.45) is 7.05 Å². The summed E-state index contributed by atoms with van der Waals surface area (Å²) in [6.07, 6.45) is -1.95. The third-order valence-electron chi connectivity index (χ3n) is 3.56. The van der Waals surface area contributed by atoms with Gasteiger partial charge >= 0.3 is 5.97 Å². The van der Waals surface area contributed by atoms with Crippen LogP contribution in [0.5, 0.6) is 0 Å². The molecule has 130 valence electrons. The molecule has 1 heterocycles. The second-order valence-corrected chi connectivity index (χ2v) is 6.81. The van der Waals surface area contributed by atoms with Crippen LogP contribution in [-0.2, 0) is 17.1 Å². The van der Waals surface area contributed by atoms with Crippen molar-refractivity contribution in [3.05, 3.63) is 40.7 Å². The van der Waals surface area contributed by atoms with Crippen LogP contribution in [0.3, 0.4) is 0 Å². The highest BCUT2D eigenvalue weighted by atomic mass is 32.2. The first kappa shape index (κ1) is 17.9. The highest BCUT2D eigenvalue weighted by Gasteiger charge is 2.26. The fraction of sp³-hybridized carbons (Fsp3) is 0.286. The molecular formula is C14H15F2N3O4S. The highest BCUT2D eigenvalue weighted by molar-refractivity contribution is 7.92. The van der Waals surface area contributed by atoms with Gasteiger partial charge in [-0.05, 0) is 31.0 Å². The largest absolute Gasteiger partial charge is 0.478 e. The Morgan fingerprint density at radius 2 is 1.96 bits per heavy atom. The van der Waals surface area contributed by atoms with Crippen molar-refractivity contribution in [2.75, 3.05) is 4.72 Å². The molecule has 2 rings (SSSR count). The molecule has 24 heavy (non-hydrogen) atoms. The summed E-state index contributed by atoms with van der Waals surface area (Å²) in [5, 5.41) is 12.8. The van der Waals surface area contributed by atoms with Gasteiger partial charge in [-0.2, -0.15) is 5.10 Å². The maximum absolute atomic E-state index is 13.0. The second-order valence-electron chi connectivity index (χ2n) is 5.16. The molecule has 0 unspecified atom stereocenters. The summed E-state index contributed by atoms with van der Waals surface area (Å²) in [5.41, 5.74) is -0.657. The molecule has 0 atom stereocenters. The Bertz CT molecular complexity index is 907. The molecule has 0 aliphatic carbocycles. The Balaban J connectivity index is 2.54. The first-order valence-corrected chi connectivity index (χ1v) is 8.21. The van der Waals surface area contributed by atoms with Crippen LogP contribution in [-0.4, -0.2) is 29.3 Å². The number of aryl methyl sites for hydroxylation is 2. The predicted octanol–water partition coefficient (Wildman–Crippen LogP) is 2.47. The lowest BCUT2D eigenvalue weighted by atomic mass is 10.0. The Morgan fingerprint density at radius 3 is 2.50 bits per heavy atom. The summed E-state index contributed by atoms with van der Waals surface area (Å²) in [7, 11) is -3.00. The number of aromatic carboxylic acids is 1. The Morgan fingerprint density at radius 1 is 1.33 bits per heavy atom. The number of rotatable bonds is 5. The van der Waals surface area contributed by atoms with E-state index in [1.807, 2.05) is 4.72 Å². The molecular weight excluding hydrogens is 344 g/mol.